The number of nitrogens with one attached hydrogen (secondary N) is 2. The van der Waals surface area contributed by atoms with E-state index in [0.717, 1.165) is 0 Å². The van der Waals surface area contributed by atoms with Gasteiger partial charge in [-0.2, -0.15) is 0 Å². The maximum Gasteiger partial charge on any atom is 0.321 e. The van der Waals surface area contributed by atoms with Crippen molar-refractivity contribution in [3.63, 3.8) is 0 Å². The van der Waals surface area contributed by atoms with Crippen molar-refractivity contribution in [2.75, 3.05) is 19.6 Å². The van der Waals surface area contributed by atoms with E-state index in [2.05, 4.69) is 10.6 Å². The fraction of sp³-hybridized carbons (Fsp3) is 0.750. The Bertz CT molecular complexity index is 383. The standard InChI is InChI=1S/C12H21N3O4/c1-8(2)13-11(19)14-9(16)6-15-5-4-12(3,7-15)10(17)18/h8H,4-7H2,1-3H3,(H,17,18)(H2,13,14,16,19). The van der Waals surface area contributed by atoms with E-state index in [-0.39, 0.29) is 12.6 Å². The lowest BCUT2D eigenvalue weighted by atomic mass is 9.90. The quantitative estimate of drug-likeness (QED) is 0.669. The van der Waals surface area contributed by atoms with Gasteiger partial charge in [0.2, 0.25) is 5.91 Å². The summed E-state index contributed by atoms with van der Waals surface area (Å²) >= 11 is 0. The summed E-state index contributed by atoms with van der Waals surface area (Å²) in [5, 5.41) is 13.8. The van der Waals surface area contributed by atoms with E-state index in [1.165, 1.54) is 0 Å². The molecule has 0 spiro atoms. The number of hydrogen-bond donors (Lipinski definition) is 3. The average molecular weight is 271 g/mol. The minimum absolute atomic E-state index is 0.0361. The Morgan fingerprint density at radius 3 is 2.47 bits per heavy atom. The molecular weight excluding hydrogens is 250 g/mol. The molecule has 0 aliphatic carbocycles. The first kappa shape index (κ1) is 15.4. The van der Waals surface area contributed by atoms with E-state index in [9.17, 15) is 14.4 Å². The van der Waals surface area contributed by atoms with Crippen molar-refractivity contribution in [1.82, 2.24) is 15.5 Å². The first-order valence-corrected chi connectivity index (χ1v) is 6.29. The van der Waals surface area contributed by atoms with Gasteiger partial charge in [0.1, 0.15) is 0 Å². The van der Waals surface area contributed by atoms with E-state index in [1.807, 2.05) is 0 Å². The fourth-order valence-corrected chi connectivity index (χ4v) is 2.03. The Hall–Kier alpha value is -1.63. The first-order valence-electron chi connectivity index (χ1n) is 6.29. The molecular formula is C12H21N3O4. The molecule has 0 saturated carbocycles. The lowest BCUT2D eigenvalue weighted by Gasteiger charge is -2.19. The summed E-state index contributed by atoms with van der Waals surface area (Å²) in [7, 11) is 0. The SMILES string of the molecule is CC(C)NC(=O)NC(=O)CN1CCC(C)(C(=O)O)C1. The van der Waals surface area contributed by atoms with Crippen LogP contribution in [0, 0.1) is 5.41 Å². The molecule has 0 aromatic rings. The molecule has 7 nitrogen and oxygen atoms in total. The molecule has 1 fully saturated rings. The summed E-state index contributed by atoms with van der Waals surface area (Å²) in [5.74, 6) is -1.28. The minimum atomic E-state index is -0.854. The van der Waals surface area contributed by atoms with Crippen molar-refractivity contribution in [2.45, 2.75) is 33.2 Å². The number of aliphatic carboxylic acids is 1. The highest BCUT2D eigenvalue weighted by Gasteiger charge is 2.40. The summed E-state index contributed by atoms with van der Waals surface area (Å²) in [4.78, 5) is 35.7. The number of imide groups is 1. The van der Waals surface area contributed by atoms with Crippen molar-refractivity contribution in [3.8, 4) is 0 Å². The topological polar surface area (TPSA) is 98.7 Å². The molecule has 0 bridgehead atoms. The molecule has 7 heteroatoms. The number of carboxylic acids is 1. The third-order valence-corrected chi connectivity index (χ3v) is 3.11. The second-order valence-electron chi connectivity index (χ2n) is 5.50. The lowest BCUT2D eigenvalue weighted by Crippen LogP contribution is -2.46. The Kier molecular flexibility index (Phi) is 4.88. The molecule has 1 aliphatic heterocycles. The smallest absolute Gasteiger partial charge is 0.321 e. The molecule has 1 saturated heterocycles. The molecule has 1 heterocycles. The third-order valence-electron chi connectivity index (χ3n) is 3.11. The summed E-state index contributed by atoms with van der Waals surface area (Å²) in [6.45, 7) is 6.16. The Labute approximate surface area is 112 Å². The Morgan fingerprint density at radius 1 is 1.37 bits per heavy atom. The monoisotopic (exact) mass is 271 g/mol. The van der Waals surface area contributed by atoms with Gasteiger partial charge in [-0.15, -0.1) is 0 Å². The van der Waals surface area contributed by atoms with Gasteiger partial charge in [0, 0.05) is 12.6 Å². The van der Waals surface area contributed by atoms with Crippen LogP contribution in [0.25, 0.3) is 0 Å². The molecule has 1 atom stereocenters. The second kappa shape index (κ2) is 6.01. The van der Waals surface area contributed by atoms with Crippen LogP contribution in [0.2, 0.25) is 0 Å². The molecule has 0 aromatic heterocycles. The van der Waals surface area contributed by atoms with Gasteiger partial charge in [0.15, 0.2) is 0 Å². The average Bonchev–Trinajstić information content (AvgIpc) is 2.59. The molecule has 19 heavy (non-hydrogen) atoms. The fourth-order valence-electron chi connectivity index (χ4n) is 2.03. The summed E-state index contributed by atoms with van der Waals surface area (Å²) in [6, 6.07) is -0.574. The minimum Gasteiger partial charge on any atom is -0.481 e. The van der Waals surface area contributed by atoms with Crippen molar-refractivity contribution in [1.29, 1.82) is 0 Å². The highest BCUT2D eigenvalue weighted by Crippen LogP contribution is 2.29. The number of hydrogen-bond acceptors (Lipinski definition) is 4. The van der Waals surface area contributed by atoms with Crippen molar-refractivity contribution < 1.29 is 19.5 Å². The van der Waals surface area contributed by atoms with Gasteiger partial charge in [0.25, 0.3) is 0 Å². The number of nitrogens with zero attached hydrogens (tertiary/aromatic N) is 1. The van der Waals surface area contributed by atoms with Crippen LogP contribution in [0.4, 0.5) is 4.79 Å². The van der Waals surface area contributed by atoms with Gasteiger partial charge < -0.3 is 10.4 Å². The van der Waals surface area contributed by atoms with Crippen LogP contribution in [0.15, 0.2) is 0 Å². The van der Waals surface area contributed by atoms with Gasteiger partial charge in [-0.25, -0.2) is 4.79 Å². The van der Waals surface area contributed by atoms with E-state index in [4.69, 9.17) is 5.11 Å². The highest BCUT2D eigenvalue weighted by molar-refractivity contribution is 5.95. The first-order chi connectivity index (χ1) is 8.73. The molecule has 3 amide bonds. The largest absolute Gasteiger partial charge is 0.481 e. The van der Waals surface area contributed by atoms with Crippen molar-refractivity contribution >= 4 is 17.9 Å². The van der Waals surface area contributed by atoms with Gasteiger partial charge in [-0.05, 0) is 33.7 Å². The van der Waals surface area contributed by atoms with Crippen LogP contribution in [0.5, 0.6) is 0 Å². The molecule has 1 rings (SSSR count). The number of carbonyl (C=O) groups is 3. The Morgan fingerprint density at radius 2 is 2.00 bits per heavy atom. The summed E-state index contributed by atoms with van der Waals surface area (Å²) < 4.78 is 0. The summed E-state index contributed by atoms with van der Waals surface area (Å²) in [6.07, 6.45) is 0.508. The highest BCUT2D eigenvalue weighted by atomic mass is 16.4. The molecule has 108 valence electrons. The number of amides is 3. The van der Waals surface area contributed by atoms with Crippen LogP contribution in [0.1, 0.15) is 27.2 Å². The van der Waals surface area contributed by atoms with Gasteiger partial charge in [0.05, 0.1) is 12.0 Å². The predicted molar refractivity (Wildman–Crippen MR) is 68.6 cm³/mol. The number of carboxylic acid groups (broad SMARTS) is 1. The maximum absolute atomic E-state index is 11.6. The van der Waals surface area contributed by atoms with Crippen molar-refractivity contribution in [3.05, 3.63) is 0 Å². The van der Waals surface area contributed by atoms with E-state index < -0.39 is 23.3 Å². The van der Waals surface area contributed by atoms with Crippen LogP contribution in [0.3, 0.4) is 0 Å². The van der Waals surface area contributed by atoms with Crippen molar-refractivity contribution in [2.24, 2.45) is 5.41 Å². The zero-order valence-corrected chi connectivity index (χ0v) is 11.5. The normalized spacial score (nSPS) is 23.4. The molecule has 1 unspecified atom stereocenters. The third kappa shape index (κ3) is 4.51. The lowest BCUT2D eigenvalue weighted by molar-refractivity contribution is -0.147. The van der Waals surface area contributed by atoms with Gasteiger partial charge >= 0.3 is 12.0 Å². The number of likely N-dealkylation sites (tertiary alicyclic amines) is 1. The number of carbonyl (C=O) groups excluding carboxylic acids is 2. The predicted octanol–water partition coefficient (Wildman–Crippen LogP) is 0.0172. The van der Waals surface area contributed by atoms with E-state index in [0.29, 0.717) is 19.5 Å². The second-order valence-corrected chi connectivity index (χ2v) is 5.50. The zero-order valence-electron chi connectivity index (χ0n) is 11.5. The number of rotatable bonds is 4. The van der Waals surface area contributed by atoms with Crippen LogP contribution >= 0.6 is 0 Å². The van der Waals surface area contributed by atoms with Gasteiger partial charge in [-0.3, -0.25) is 19.8 Å². The van der Waals surface area contributed by atoms with E-state index in [1.54, 1.807) is 25.7 Å². The Balaban J connectivity index is 2.39. The maximum atomic E-state index is 11.6. The summed E-state index contributed by atoms with van der Waals surface area (Å²) in [5.41, 5.74) is -0.805. The van der Waals surface area contributed by atoms with Crippen LogP contribution in [-0.2, 0) is 9.59 Å². The van der Waals surface area contributed by atoms with E-state index >= 15 is 0 Å². The van der Waals surface area contributed by atoms with Gasteiger partial charge in [-0.1, -0.05) is 0 Å². The zero-order chi connectivity index (χ0) is 14.6. The van der Waals surface area contributed by atoms with Crippen LogP contribution in [-0.4, -0.2) is 53.6 Å². The molecule has 3 N–H and O–H groups in total. The molecule has 1 aliphatic rings. The molecule has 0 radical (unpaired) electrons. The number of urea groups is 1. The van der Waals surface area contributed by atoms with Crippen LogP contribution < -0.4 is 10.6 Å². The molecule has 0 aromatic carbocycles.